The van der Waals surface area contributed by atoms with E-state index in [0.717, 1.165) is 48.7 Å². The van der Waals surface area contributed by atoms with Gasteiger partial charge in [-0.3, -0.25) is 0 Å². The number of imidazole rings is 2. The molecule has 3 aromatic rings. The van der Waals surface area contributed by atoms with Crippen LogP contribution in [0.3, 0.4) is 0 Å². The monoisotopic (exact) mass is 354 g/mol. The van der Waals surface area contributed by atoms with Crippen molar-refractivity contribution in [3.8, 4) is 0 Å². The molecule has 1 aliphatic rings. The lowest BCUT2D eigenvalue weighted by molar-refractivity contribution is 0.307. The summed E-state index contributed by atoms with van der Waals surface area (Å²) in [5, 5.41) is 3.84. The Morgan fingerprint density at radius 3 is 2.65 bits per heavy atom. The maximum atomic E-state index is 4.56. The fourth-order valence-electron chi connectivity index (χ4n) is 3.75. The average molecular weight is 354 g/mol. The number of aromatic amines is 1. The number of hydrogen-bond donors (Lipinski definition) is 2. The molecule has 1 atom stereocenters. The van der Waals surface area contributed by atoms with Gasteiger partial charge in [0.25, 0.3) is 0 Å². The van der Waals surface area contributed by atoms with E-state index in [1.165, 1.54) is 0 Å². The number of H-pyrrole nitrogens is 1. The maximum absolute atomic E-state index is 4.56. The fraction of sp³-hybridized carbons (Fsp3) is 0.556. The molecule has 8 nitrogen and oxygen atoms in total. The Labute approximate surface area is 153 Å². The zero-order valence-corrected chi connectivity index (χ0v) is 15.6. The number of fused-ring (bicyclic) bond motifs is 1. The van der Waals surface area contributed by atoms with E-state index in [1.807, 2.05) is 12.4 Å². The molecule has 1 fully saturated rings. The molecule has 4 heterocycles. The van der Waals surface area contributed by atoms with E-state index in [4.69, 9.17) is 0 Å². The van der Waals surface area contributed by atoms with Gasteiger partial charge in [0.2, 0.25) is 0 Å². The summed E-state index contributed by atoms with van der Waals surface area (Å²) in [7, 11) is 2.06. The number of aryl methyl sites for hydroxylation is 1. The first kappa shape index (κ1) is 17.0. The molecule has 4 rings (SSSR count). The molecule has 1 aliphatic heterocycles. The summed E-state index contributed by atoms with van der Waals surface area (Å²) in [6.45, 7) is 6.43. The Bertz CT molecular complexity index is 859. The number of rotatable bonds is 5. The Morgan fingerprint density at radius 2 is 1.96 bits per heavy atom. The van der Waals surface area contributed by atoms with Gasteiger partial charge >= 0.3 is 0 Å². The van der Waals surface area contributed by atoms with E-state index in [-0.39, 0.29) is 6.04 Å². The van der Waals surface area contributed by atoms with Gasteiger partial charge in [-0.05, 0) is 18.8 Å². The summed E-state index contributed by atoms with van der Waals surface area (Å²) in [4.78, 5) is 23.0. The first-order chi connectivity index (χ1) is 12.6. The maximum Gasteiger partial charge on any atom is 0.182 e. The average Bonchev–Trinajstić information content (AvgIpc) is 3.28. The standard InChI is InChI=1S/C18H26N8/c1-12(2)14(17-19-6-9-25(17)3)24-13-4-7-26(8-5-13)18-15-16(21-10-20-15)22-11-23-18/h6,9-14,24H,4-5,7-8H2,1-3H3,(H,20,21,22,23)/t14-/m1/s1. The van der Waals surface area contributed by atoms with E-state index >= 15 is 0 Å². The van der Waals surface area contributed by atoms with Gasteiger partial charge in [-0.15, -0.1) is 0 Å². The quantitative estimate of drug-likeness (QED) is 0.729. The summed E-state index contributed by atoms with van der Waals surface area (Å²) in [6.07, 6.45) is 9.32. The van der Waals surface area contributed by atoms with E-state index in [9.17, 15) is 0 Å². The third kappa shape index (κ3) is 3.16. The van der Waals surface area contributed by atoms with Crippen molar-refractivity contribution in [3.63, 3.8) is 0 Å². The van der Waals surface area contributed by atoms with Crippen LogP contribution in [0.2, 0.25) is 0 Å². The van der Waals surface area contributed by atoms with Gasteiger partial charge in [-0.2, -0.15) is 0 Å². The lowest BCUT2D eigenvalue weighted by atomic mass is 9.98. The van der Waals surface area contributed by atoms with Crippen LogP contribution in [0.1, 0.15) is 38.6 Å². The molecule has 26 heavy (non-hydrogen) atoms. The van der Waals surface area contributed by atoms with Gasteiger partial charge in [0.15, 0.2) is 11.5 Å². The first-order valence-electron chi connectivity index (χ1n) is 9.25. The number of anilines is 1. The van der Waals surface area contributed by atoms with Crippen molar-refractivity contribution in [2.45, 2.75) is 38.8 Å². The highest BCUT2D eigenvalue weighted by Crippen LogP contribution is 2.26. The summed E-state index contributed by atoms with van der Waals surface area (Å²) in [5.74, 6) is 2.55. The highest BCUT2D eigenvalue weighted by Gasteiger charge is 2.27. The van der Waals surface area contributed by atoms with Gasteiger partial charge in [0, 0.05) is 38.6 Å². The zero-order valence-electron chi connectivity index (χ0n) is 15.6. The summed E-state index contributed by atoms with van der Waals surface area (Å²) >= 11 is 0. The van der Waals surface area contributed by atoms with Crippen LogP contribution in [0.15, 0.2) is 25.0 Å². The van der Waals surface area contributed by atoms with Crippen molar-refractivity contribution in [2.75, 3.05) is 18.0 Å². The largest absolute Gasteiger partial charge is 0.355 e. The highest BCUT2D eigenvalue weighted by molar-refractivity contribution is 5.82. The molecule has 0 unspecified atom stereocenters. The van der Waals surface area contributed by atoms with Crippen LogP contribution in [0.25, 0.3) is 11.2 Å². The van der Waals surface area contributed by atoms with E-state index in [2.05, 4.69) is 60.6 Å². The minimum Gasteiger partial charge on any atom is -0.355 e. The van der Waals surface area contributed by atoms with Gasteiger partial charge in [0.1, 0.15) is 17.7 Å². The van der Waals surface area contributed by atoms with Crippen molar-refractivity contribution in [1.82, 2.24) is 34.8 Å². The molecular weight excluding hydrogens is 328 g/mol. The molecule has 0 radical (unpaired) electrons. The van der Waals surface area contributed by atoms with Crippen LogP contribution < -0.4 is 10.2 Å². The first-order valence-corrected chi connectivity index (χ1v) is 9.25. The van der Waals surface area contributed by atoms with E-state index in [1.54, 1.807) is 12.7 Å². The molecule has 0 amide bonds. The SMILES string of the molecule is CC(C)[C@@H](NC1CCN(c2ncnc3nc[nH]c23)CC1)c1nccn1C. The van der Waals surface area contributed by atoms with Crippen LogP contribution in [-0.2, 0) is 7.05 Å². The Kier molecular flexibility index (Phi) is 4.58. The van der Waals surface area contributed by atoms with Crippen LogP contribution in [0, 0.1) is 5.92 Å². The van der Waals surface area contributed by atoms with Crippen LogP contribution >= 0.6 is 0 Å². The predicted octanol–water partition coefficient (Wildman–Crippen LogP) is 2.04. The summed E-state index contributed by atoms with van der Waals surface area (Å²) in [5.41, 5.74) is 1.65. The number of nitrogens with one attached hydrogen (secondary N) is 2. The Morgan fingerprint density at radius 1 is 1.15 bits per heavy atom. The second-order valence-corrected chi connectivity index (χ2v) is 7.34. The molecule has 0 bridgehead atoms. The van der Waals surface area contributed by atoms with Crippen LogP contribution in [-0.4, -0.2) is 48.6 Å². The number of aromatic nitrogens is 6. The Hall–Kier alpha value is -2.48. The van der Waals surface area contributed by atoms with Crippen molar-refractivity contribution < 1.29 is 0 Å². The van der Waals surface area contributed by atoms with Gasteiger partial charge in [0.05, 0.1) is 12.4 Å². The molecule has 8 heteroatoms. The lowest BCUT2D eigenvalue weighted by Crippen LogP contribution is -2.45. The topological polar surface area (TPSA) is 87.5 Å². The number of nitrogens with zero attached hydrogens (tertiary/aromatic N) is 6. The third-order valence-corrected chi connectivity index (χ3v) is 5.22. The van der Waals surface area contributed by atoms with E-state index in [0.29, 0.717) is 12.0 Å². The zero-order chi connectivity index (χ0) is 18.1. The number of piperidine rings is 1. The molecule has 0 aromatic carbocycles. The van der Waals surface area contributed by atoms with Gasteiger partial charge < -0.3 is 19.8 Å². The van der Waals surface area contributed by atoms with Crippen LogP contribution in [0.4, 0.5) is 5.82 Å². The molecule has 1 saturated heterocycles. The normalized spacial score (nSPS) is 17.3. The molecule has 3 aromatic heterocycles. The van der Waals surface area contributed by atoms with E-state index < -0.39 is 0 Å². The van der Waals surface area contributed by atoms with Crippen molar-refractivity contribution in [1.29, 1.82) is 0 Å². The molecule has 0 aliphatic carbocycles. The second-order valence-electron chi connectivity index (χ2n) is 7.34. The van der Waals surface area contributed by atoms with Crippen molar-refractivity contribution in [3.05, 3.63) is 30.9 Å². The van der Waals surface area contributed by atoms with Crippen LogP contribution in [0.5, 0.6) is 0 Å². The summed E-state index contributed by atoms with van der Waals surface area (Å²) < 4.78 is 2.11. The van der Waals surface area contributed by atoms with Crippen molar-refractivity contribution in [2.24, 2.45) is 13.0 Å². The number of hydrogen-bond acceptors (Lipinski definition) is 6. The van der Waals surface area contributed by atoms with Gasteiger partial charge in [-0.25, -0.2) is 19.9 Å². The molecule has 138 valence electrons. The molecule has 2 N–H and O–H groups in total. The molecular formula is C18H26N8. The second kappa shape index (κ2) is 7.03. The highest BCUT2D eigenvalue weighted by atomic mass is 15.2. The Balaban J connectivity index is 1.43. The van der Waals surface area contributed by atoms with Crippen molar-refractivity contribution >= 4 is 17.0 Å². The summed E-state index contributed by atoms with van der Waals surface area (Å²) in [6, 6.07) is 0.749. The minimum atomic E-state index is 0.268. The lowest BCUT2D eigenvalue weighted by Gasteiger charge is -2.36. The molecule has 0 saturated carbocycles. The predicted molar refractivity (Wildman–Crippen MR) is 101 cm³/mol. The minimum absolute atomic E-state index is 0.268. The smallest absolute Gasteiger partial charge is 0.182 e. The third-order valence-electron chi connectivity index (χ3n) is 5.22. The fourth-order valence-corrected chi connectivity index (χ4v) is 3.75. The molecule has 0 spiro atoms. The van der Waals surface area contributed by atoms with Gasteiger partial charge in [-0.1, -0.05) is 13.8 Å².